The van der Waals surface area contributed by atoms with Crippen LogP contribution in [-0.2, 0) is 4.79 Å². The van der Waals surface area contributed by atoms with Gasteiger partial charge in [-0.25, -0.2) is 13.6 Å². The van der Waals surface area contributed by atoms with Gasteiger partial charge in [0.25, 0.3) is 5.91 Å². The molecule has 0 spiro atoms. The maximum Gasteiger partial charge on any atom is 0.326 e. The maximum atomic E-state index is 12.3. The summed E-state index contributed by atoms with van der Waals surface area (Å²) in [4.78, 5) is 22.7. The molecule has 0 aromatic heterocycles. The number of aliphatic carboxylic acids is 1. The molecular formula is C15H17F2NO4. The van der Waals surface area contributed by atoms with Crippen LogP contribution in [0.2, 0.25) is 0 Å². The van der Waals surface area contributed by atoms with E-state index in [0.29, 0.717) is 18.3 Å². The normalized spacial score (nSPS) is 15.4. The van der Waals surface area contributed by atoms with Crippen LogP contribution in [-0.4, -0.2) is 36.1 Å². The van der Waals surface area contributed by atoms with Crippen molar-refractivity contribution in [1.82, 2.24) is 5.32 Å². The predicted octanol–water partition coefficient (Wildman–Crippen LogP) is 2.31. The highest BCUT2D eigenvalue weighted by molar-refractivity contribution is 5.96. The molecule has 0 aliphatic heterocycles. The van der Waals surface area contributed by atoms with E-state index in [0.717, 1.165) is 0 Å². The Morgan fingerprint density at radius 2 is 1.91 bits per heavy atom. The van der Waals surface area contributed by atoms with Gasteiger partial charge in [-0.1, -0.05) is 0 Å². The number of carbonyl (C=O) groups is 2. The minimum atomic E-state index is -2.81. The van der Waals surface area contributed by atoms with Gasteiger partial charge in [-0.2, -0.15) is 0 Å². The molecule has 1 aliphatic carbocycles. The van der Waals surface area contributed by atoms with Crippen LogP contribution in [0.5, 0.6) is 5.75 Å². The van der Waals surface area contributed by atoms with E-state index >= 15 is 0 Å². The zero-order chi connectivity index (χ0) is 16.1. The van der Waals surface area contributed by atoms with Crippen LogP contribution in [0.1, 0.15) is 29.6 Å². The highest BCUT2D eigenvalue weighted by atomic mass is 19.3. The van der Waals surface area contributed by atoms with Crippen molar-refractivity contribution in [2.45, 2.75) is 31.7 Å². The first kappa shape index (κ1) is 16.2. The molecule has 0 radical (unpaired) electrons. The maximum absolute atomic E-state index is 12.3. The predicted molar refractivity (Wildman–Crippen MR) is 74.2 cm³/mol. The van der Waals surface area contributed by atoms with Crippen molar-refractivity contribution in [3.05, 3.63) is 29.8 Å². The van der Waals surface area contributed by atoms with Crippen molar-refractivity contribution in [2.75, 3.05) is 6.61 Å². The number of benzene rings is 1. The summed E-state index contributed by atoms with van der Waals surface area (Å²) in [5.74, 6) is -0.973. The van der Waals surface area contributed by atoms with Crippen LogP contribution in [0.4, 0.5) is 8.78 Å². The Kier molecular flexibility index (Phi) is 5.30. The van der Waals surface area contributed by atoms with Crippen molar-refractivity contribution >= 4 is 11.9 Å². The third kappa shape index (κ3) is 4.98. The lowest BCUT2D eigenvalue weighted by molar-refractivity contribution is -0.140. The average molecular weight is 313 g/mol. The fourth-order valence-corrected chi connectivity index (χ4v) is 1.84. The molecule has 0 saturated heterocycles. The van der Waals surface area contributed by atoms with Crippen molar-refractivity contribution in [3.8, 4) is 5.75 Å². The van der Waals surface area contributed by atoms with E-state index in [1.807, 2.05) is 0 Å². The number of hydrogen-bond acceptors (Lipinski definition) is 3. The Morgan fingerprint density at radius 1 is 1.27 bits per heavy atom. The standard InChI is InChI=1S/C15H17F2NO4/c16-13(17)7-12(15(20)21)18-14(19)10-3-5-11(6-4-10)22-8-9-1-2-9/h3-6,9,12-13H,1-2,7-8H2,(H,18,19)(H,20,21). The highest BCUT2D eigenvalue weighted by Gasteiger charge is 2.25. The Morgan fingerprint density at radius 3 is 2.41 bits per heavy atom. The molecule has 1 unspecified atom stereocenters. The van der Waals surface area contributed by atoms with Crippen molar-refractivity contribution in [1.29, 1.82) is 0 Å². The van der Waals surface area contributed by atoms with Crippen LogP contribution < -0.4 is 10.1 Å². The zero-order valence-corrected chi connectivity index (χ0v) is 11.8. The van der Waals surface area contributed by atoms with Gasteiger partial charge in [-0.15, -0.1) is 0 Å². The molecular weight excluding hydrogens is 296 g/mol. The SMILES string of the molecule is O=C(NC(CC(F)F)C(=O)O)c1ccc(OCC2CC2)cc1. The summed E-state index contributed by atoms with van der Waals surface area (Å²) in [7, 11) is 0. The topological polar surface area (TPSA) is 75.6 Å². The number of carbonyl (C=O) groups excluding carboxylic acids is 1. The van der Waals surface area contributed by atoms with Gasteiger partial charge in [0.15, 0.2) is 0 Å². The average Bonchev–Trinajstić information content (AvgIpc) is 3.28. The van der Waals surface area contributed by atoms with Crippen LogP contribution in [0.15, 0.2) is 24.3 Å². The number of halogens is 2. The van der Waals surface area contributed by atoms with E-state index < -0.39 is 30.8 Å². The first-order valence-corrected chi connectivity index (χ1v) is 7.00. The third-order valence-corrected chi connectivity index (χ3v) is 3.32. The molecule has 7 heteroatoms. The molecule has 1 fully saturated rings. The quantitative estimate of drug-likeness (QED) is 0.772. The molecule has 1 amide bonds. The van der Waals surface area contributed by atoms with Gasteiger partial charge in [-0.3, -0.25) is 4.79 Å². The number of hydrogen-bond donors (Lipinski definition) is 2. The monoisotopic (exact) mass is 313 g/mol. The first-order chi connectivity index (χ1) is 10.5. The summed E-state index contributed by atoms with van der Waals surface area (Å²) < 4.78 is 30.1. The molecule has 22 heavy (non-hydrogen) atoms. The van der Waals surface area contributed by atoms with Crippen LogP contribution in [0, 0.1) is 5.92 Å². The van der Waals surface area contributed by atoms with Gasteiger partial charge in [0.2, 0.25) is 6.43 Å². The molecule has 2 rings (SSSR count). The lowest BCUT2D eigenvalue weighted by Crippen LogP contribution is -2.42. The molecule has 5 nitrogen and oxygen atoms in total. The number of carboxylic acids is 1. The summed E-state index contributed by atoms with van der Waals surface area (Å²) in [5.41, 5.74) is 0.194. The Labute approximate surface area is 126 Å². The van der Waals surface area contributed by atoms with Gasteiger partial charge in [0.1, 0.15) is 11.8 Å². The highest BCUT2D eigenvalue weighted by Crippen LogP contribution is 2.29. The van der Waals surface area contributed by atoms with Crippen molar-refractivity contribution in [3.63, 3.8) is 0 Å². The molecule has 2 N–H and O–H groups in total. The summed E-state index contributed by atoms with van der Waals surface area (Å²) in [5, 5.41) is 10.9. The Hall–Kier alpha value is -2.18. The van der Waals surface area contributed by atoms with E-state index in [2.05, 4.69) is 5.32 Å². The van der Waals surface area contributed by atoms with E-state index in [-0.39, 0.29) is 5.56 Å². The second-order valence-corrected chi connectivity index (χ2v) is 5.27. The molecule has 1 aliphatic rings. The lowest BCUT2D eigenvalue weighted by atomic mass is 10.1. The second kappa shape index (κ2) is 7.20. The first-order valence-electron chi connectivity index (χ1n) is 7.00. The van der Waals surface area contributed by atoms with Gasteiger partial charge in [0, 0.05) is 12.0 Å². The minimum Gasteiger partial charge on any atom is -0.493 e. The van der Waals surface area contributed by atoms with Crippen LogP contribution >= 0.6 is 0 Å². The number of nitrogens with one attached hydrogen (secondary N) is 1. The molecule has 1 saturated carbocycles. The van der Waals surface area contributed by atoms with E-state index in [1.54, 1.807) is 12.1 Å². The van der Waals surface area contributed by atoms with Gasteiger partial charge in [-0.05, 0) is 43.0 Å². The van der Waals surface area contributed by atoms with E-state index in [4.69, 9.17) is 9.84 Å². The summed E-state index contributed by atoms with van der Waals surface area (Å²) in [6, 6.07) is 4.52. The van der Waals surface area contributed by atoms with Gasteiger partial charge >= 0.3 is 5.97 Å². The number of amides is 1. The molecule has 0 heterocycles. The molecule has 120 valence electrons. The number of alkyl halides is 2. The number of ether oxygens (including phenoxy) is 1. The zero-order valence-electron chi connectivity index (χ0n) is 11.8. The van der Waals surface area contributed by atoms with Gasteiger partial charge < -0.3 is 15.2 Å². The fourth-order valence-electron chi connectivity index (χ4n) is 1.84. The molecule has 0 bridgehead atoms. The molecule has 1 aromatic carbocycles. The third-order valence-electron chi connectivity index (χ3n) is 3.32. The lowest BCUT2D eigenvalue weighted by Gasteiger charge is -2.14. The fraction of sp³-hybridized carbons (Fsp3) is 0.467. The van der Waals surface area contributed by atoms with Crippen molar-refractivity contribution in [2.24, 2.45) is 5.92 Å². The largest absolute Gasteiger partial charge is 0.493 e. The summed E-state index contributed by atoms with van der Waals surface area (Å²) in [6.45, 7) is 0.640. The van der Waals surface area contributed by atoms with Crippen molar-refractivity contribution < 1.29 is 28.2 Å². The second-order valence-electron chi connectivity index (χ2n) is 5.27. The minimum absolute atomic E-state index is 0.194. The van der Waals surface area contributed by atoms with E-state index in [9.17, 15) is 18.4 Å². The number of carboxylic acid groups (broad SMARTS) is 1. The Balaban J connectivity index is 1.91. The summed E-state index contributed by atoms with van der Waals surface area (Å²) >= 11 is 0. The molecule has 1 aromatic rings. The van der Waals surface area contributed by atoms with E-state index in [1.165, 1.54) is 25.0 Å². The Bertz CT molecular complexity index is 529. The van der Waals surface area contributed by atoms with Crippen LogP contribution in [0.25, 0.3) is 0 Å². The smallest absolute Gasteiger partial charge is 0.326 e. The van der Waals surface area contributed by atoms with Crippen LogP contribution in [0.3, 0.4) is 0 Å². The summed E-state index contributed by atoms with van der Waals surface area (Å²) in [6.07, 6.45) is -1.40. The van der Waals surface area contributed by atoms with Gasteiger partial charge in [0.05, 0.1) is 6.61 Å². The number of rotatable bonds is 8. The molecule has 1 atom stereocenters.